The lowest BCUT2D eigenvalue weighted by Crippen LogP contribution is -2.48. The number of carboxylic acids is 1. The van der Waals surface area contributed by atoms with Gasteiger partial charge in [-0.1, -0.05) is 0 Å². The molecule has 0 fully saturated rings. The van der Waals surface area contributed by atoms with Gasteiger partial charge in [-0.15, -0.1) is 0 Å². The maximum absolute atomic E-state index is 10.1. The van der Waals surface area contributed by atoms with Gasteiger partial charge in [-0.25, -0.2) is 4.79 Å². The molecule has 4 atom stereocenters. The van der Waals surface area contributed by atoms with Gasteiger partial charge in [-0.2, -0.15) is 0 Å². The van der Waals surface area contributed by atoms with Crippen LogP contribution in [0.5, 0.6) is 0 Å². The fraction of sp³-hybridized carbons (Fsp3) is 0.667. The molecule has 0 aliphatic heterocycles. The van der Waals surface area contributed by atoms with Crippen molar-refractivity contribution in [2.24, 2.45) is 0 Å². The molecule has 0 unspecified atom stereocenters. The third kappa shape index (κ3) is 3.07. The number of aliphatic hydroxyl groups excluding tert-OH is 4. The fourth-order valence-electron chi connectivity index (χ4n) is 0.615. The van der Waals surface area contributed by atoms with Gasteiger partial charge in [0, 0.05) is 0 Å². The van der Waals surface area contributed by atoms with Crippen molar-refractivity contribution in [3.05, 3.63) is 0 Å². The lowest BCUT2D eigenvalue weighted by molar-refractivity contribution is -0.163. The molecule has 0 aromatic heterocycles. The highest BCUT2D eigenvalue weighted by molar-refractivity contribution is 5.73. The summed E-state index contributed by atoms with van der Waals surface area (Å²) in [7, 11) is 0. The Morgan fingerprint density at radius 3 is 1.85 bits per heavy atom. The van der Waals surface area contributed by atoms with Crippen LogP contribution >= 0.6 is 0 Å². The highest BCUT2D eigenvalue weighted by atomic mass is 16.4. The minimum absolute atomic E-state index is 0.0809. The van der Waals surface area contributed by atoms with Crippen LogP contribution in [-0.2, 0) is 9.59 Å². The summed E-state index contributed by atoms with van der Waals surface area (Å²) in [5.41, 5.74) is 0. The largest absolute Gasteiger partial charge is 0.479 e. The predicted molar refractivity (Wildman–Crippen MR) is 37.7 cm³/mol. The Labute approximate surface area is 72.9 Å². The molecule has 0 saturated heterocycles. The van der Waals surface area contributed by atoms with Crippen LogP contribution in [0.2, 0.25) is 0 Å². The molecule has 0 amide bonds. The van der Waals surface area contributed by atoms with Crippen molar-refractivity contribution in [2.45, 2.75) is 24.4 Å². The molecule has 76 valence electrons. The molecule has 0 aliphatic carbocycles. The smallest absolute Gasteiger partial charge is 0.335 e. The van der Waals surface area contributed by atoms with Crippen LogP contribution in [0.4, 0.5) is 0 Å². The number of carbonyl (C=O) groups excluding carboxylic acids is 1. The van der Waals surface area contributed by atoms with Crippen molar-refractivity contribution in [3.63, 3.8) is 0 Å². The van der Waals surface area contributed by atoms with Gasteiger partial charge in [0.15, 0.2) is 12.4 Å². The zero-order chi connectivity index (χ0) is 10.6. The summed E-state index contributed by atoms with van der Waals surface area (Å²) in [6.45, 7) is 0. The van der Waals surface area contributed by atoms with Crippen molar-refractivity contribution in [3.8, 4) is 0 Å². The number of hydrogen-bond acceptors (Lipinski definition) is 6. The van der Waals surface area contributed by atoms with Crippen LogP contribution in [0, 0.1) is 0 Å². The molecule has 7 heteroatoms. The summed E-state index contributed by atoms with van der Waals surface area (Å²) in [6, 6.07) is 0. The average Bonchev–Trinajstić information content (AvgIpc) is 2.12. The Balaban J connectivity index is 4.32. The number of carboxylic acid groups (broad SMARTS) is 1. The number of aldehydes is 1. The lowest BCUT2D eigenvalue weighted by Gasteiger charge is -2.21. The summed E-state index contributed by atoms with van der Waals surface area (Å²) in [5.74, 6) is -1.76. The Kier molecular flexibility index (Phi) is 4.49. The fourth-order valence-corrected chi connectivity index (χ4v) is 0.615. The summed E-state index contributed by atoms with van der Waals surface area (Å²) in [6.07, 6.45) is -8.39. The van der Waals surface area contributed by atoms with Crippen molar-refractivity contribution in [1.82, 2.24) is 0 Å². The summed E-state index contributed by atoms with van der Waals surface area (Å²) >= 11 is 0. The molecule has 0 aromatic rings. The van der Waals surface area contributed by atoms with Gasteiger partial charge in [0.25, 0.3) is 0 Å². The molecule has 0 bridgehead atoms. The summed E-state index contributed by atoms with van der Waals surface area (Å²) in [4.78, 5) is 20.0. The van der Waals surface area contributed by atoms with Gasteiger partial charge in [-0.05, 0) is 0 Å². The van der Waals surface area contributed by atoms with Gasteiger partial charge < -0.3 is 30.3 Å². The standard InChI is InChI=1S/C6H10O7/c7-1-2(8)3(9)4(10)5(11)6(12)13/h1-5,8-11H,(H,12,13)/t2-,3-,4-,5-/m0/s1. The van der Waals surface area contributed by atoms with E-state index in [-0.39, 0.29) is 6.29 Å². The van der Waals surface area contributed by atoms with Gasteiger partial charge >= 0.3 is 5.97 Å². The van der Waals surface area contributed by atoms with E-state index < -0.39 is 30.4 Å². The van der Waals surface area contributed by atoms with Gasteiger partial charge in [-0.3, -0.25) is 0 Å². The van der Waals surface area contributed by atoms with Crippen LogP contribution < -0.4 is 0 Å². The maximum Gasteiger partial charge on any atom is 0.335 e. The number of aliphatic hydroxyl groups is 4. The minimum Gasteiger partial charge on any atom is -0.479 e. The Hall–Kier alpha value is -1.02. The molecule has 0 radical (unpaired) electrons. The molecule has 5 N–H and O–H groups in total. The van der Waals surface area contributed by atoms with Gasteiger partial charge in [0.05, 0.1) is 0 Å². The van der Waals surface area contributed by atoms with Crippen LogP contribution in [0.15, 0.2) is 0 Å². The number of hydrogen-bond donors (Lipinski definition) is 5. The normalized spacial score (nSPS) is 20.0. The summed E-state index contributed by atoms with van der Waals surface area (Å²) in [5, 5.41) is 43.2. The minimum atomic E-state index is -2.25. The third-order valence-electron chi connectivity index (χ3n) is 1.42. The Morgan fingerprint density at radius 1 is 1.08 bits per heavy atom. The van der Waals surface area contributed by atoms with E-state index in [0.717, 1.165) is 0 Å². The van der Waals surface area contributed by atoms with E-state index in [1.165, 1.54) is 0 Å². The molecular formula is C6H10O7. The molecule has 0 aromatic carbocycles. The van der Waals surface area contributed by atoms with Crippen molar-refractivity contribution in [2.75, 3.05) is 0 Å². The van der Waals surface area contributed by atoms with E-state index in [4.69, 9.17) is 25.5 Å². The number of aliphatic carboxylic acids is 1. The Morgan fingerprint density at radius 2 is 1.54 bits per heavy atom. The first-order valence-electron chi connectivity index (χ1n) is 3.32. The SMILES string of the molecule is O=C[C@H](O)[C@H](O)[C@H](O)[C@H](O)C(=O)O. The average molecular weight is 194 g/mol. The van der Waals surface area contributed by atoms with E-state index in [1.807, 2.05) is 0 Å². The second kappa shape index (κ2) is 4.87. The quantitative estimate of drug-likeness (QED) is 0.289. The first-order valence-corrected chi connectivity index (χ1v) is 3.32. The molecule has 0 saturated carbocycles. The van der Waals surface area contributed by atoms with E-state index in [9.17, 15) is 9.59 Å². The van der Waals surface area contributed by atoms with Crippen molar-refractivity contribution >= 4 is 12.3 Å². The Bertz CT molecular complexity index is 191. The second-order valence-corrected chi connectivity index (χ2v) is 2.39. The second-order valence-electron chi connectivity index (χ2n) is 2.39. The van der Waals surface area contributed by atoms with E-state index >= 15 is 0 Å². The molecular weight excluding hydrogens is 184 g/mol. The zero-order valence-electron chi connectivity index (χ0n) is 6.44. The molecule has 7 nitrogen and oxygen atoms in total. The van der Waals surface area contributed by atoms with Gasteiger partial charge in [0.2, 0.25) is 0 Å². The topological polar surface area (TPSA) is 135 Å². The molecule has 0 heterocycles. The number of rotatable bonds is 5. The first-order chi connectivity index (χ1) is 5.91. The molecule has 0 aliphatic rings. The highest BCUT2D eigenvalue weighted by Gasteiger charge is 2.33. The van der Waals surface area contributed by atoms with E-state index in [1.54, 1.807) is 0 Å². The van der Waals surface area contributed by atoms with Crippen molar-refractivity contribution in [1.29, 1.82) is 0 Å². The maximum atomic E-state index is 10.1. The molecule has 0 rings (SSSR count). The van der Waals surface area contributed by atoms with Crippen molar-refractivity contribution < 1.29 is 35.1 Å². The molecule has 13 heavy (non-hydrogen) atoms. The monoisotopic (exact) mass is 194 g/mol. The van der Waals surface area contributed by atoms with E-state index in [2.05, 4.69) is 0 Å². The third-order valence-corrected chi connectivity index (χ3v) is 1.42. The van der Waals surface area contributed by atoms with E-state index in [0.29, 0.717) is 0 Å². The van der Waals surface area contributed by atoms with Crippen LogP contribution in [-0.4, -0.2) is 62.2 Å². The van der Waals surface area contributed by atoms with Crippen LogP contribution in [0.3, 0.4) is 0 Å². The van der Waals surface area contributed by atoms with Gasteiger partial charge in [0.1, 0.15) is 18.3 Å². The highest BCUT2D eigenvalue weighted by Crippen LogP contribution is 2.03. The first kappa shape index (κ1) is 12.0. The zero-order valence-corrected chi connectivity index (χ0v) is 6.44. The number of carbonyl (C=O) groups is 2. The van der Waals surface area contributed by atoms with Crippen LogP contribution in [0.1, 0.15) is 0 Å². The molecule has 0 spiro atoms. The lowest BCUT2D eigenvalue weighted by atomic mass is 10.0. The summed E-state index contributed by atoms with van der Waals surface area (Å²) < 4.78 is 0. The predicted octanol–water partition coefficient (Wildman–Crippen LogP) is -3.29. The van der Waals surface area contributed by atoms with Crippen LogP contribution in [0.25, 0.3) is 0 Å².